The van der Waals surface area contributed by atoms with E-state index in [4.69, 9.17) is 15.0 Å². The van der Waals surface area contributed by atoms with Crippen LogP contribution < -0.4 is 0 Å². The van der Waals surface area contributed by atoms with Crippen LogP contribution in [0.1, 0.15) is 5.56 Å². The van der Waals surface area contributed by atoms with Gasteiger partial charge in [-0.3, -0.25) is 0 Å². The highest BCUT2D eigenvalue weighted by Gasteiger charge is 2.25. The van der Waals surface area contributed by atoms with Gasteiger partial charge in [-0.25, -0.2) is 15.0 Å². The van der Waals surface area contributed by atoms with Gasteiger partial charge in [0.2, 0.25) is 0 Å². The molecule has 0 unspecified atom stereocenters. The summed E-state index contributed by atoms with van der Waals surface area (Å²) in [5, 5.41) is 13.0. The summed E-state index contributed by atoms with van der Waals surface area (Å²) in [5.41, 5.74) is 16.9. The Hall–Kier alpha value is -8.26. The molecule has 0 aliphatic heterocycles. The molecule has 60 heavy (non-hydrogen) atoms. The lowest BCUT2D eigenvalue weighted by Crippen LogP contribution is -2.00. The Labute approximate surface area is 348 Å². The summed E-state index contributed by atoms with van der Waals surface area (Å²) in [4.78, 5) is 14.8. The van der Waals surface area contributed by atoms with E-state index in [1.165, 1.54) is 44.2 Å². The largest absolute Gasteiger partial charge is 0.208 e. The molecule has 0 fully saturated rings. The third-order valence-electron chi connectivity index (χ3n) is 11.5. The van der Waals surface area contributed by atoms with Crippen molar-refractivity contribution < 1.29 is 0 Å². The molecule has 0 amide bonds. The van der Waals surface area contributed by atoms with Crippen molar-refractivity contribution in [1.82, 2.24) is 15.0 Å². The number of hydrogen-bond donors (Lipinski definition) is 0. The molecular formula is C56H34N4. The van der Waals surface area contributed by atoms with Crippen molar-refractivity contribution in [2.75, 3.05) is 0 Å². The molecule has 4 heteroatoms. The number of hydrogen-bond acceptors (Lipinski definition) is 4. The van der Waals surface area contributed by atoms with Crippen LogP contribution in [0, 0.1) is 11.3 Å². The lowest BCUT2D eigenvalue weighted by Gasteiger charge is -2.16. The van der Waals surface area contributed by atoms with Crippen LogP contribution in [0.2, 0.25) is 0 Å². The van der Waals surface area contributed by atoms with Gasteiger partial charge in [0.15, 0.2) is 17.5 Å². The summed E-state index contributed by atoms with van der Waals surface area (Å²) in [6.45, 7) is 0. The third kappa shape index (κ3) is 6.05. The Morgan fingerprint density at radius 3 is 1.43 bits per heavy atom. The van der Waals surface area contributed by atoms with E-state index in [9.17, 15) is 5.26 Å². The minimum atomic E-state index is 0.592. The predicted molar refractivity (Wildman–Crippen MR) is 245 cm³/mol. The van der Waals surface area contributed by atoms with Crippen molar-refractivity contribution in [1.29, 1.82) is 5.26 Å². The molecule has 278 valence electrons. The predicted octanol–water partition coefficient (Wildman–Crippen LogP) is 14.2. The van der Waals surface area contributed by atoms with Crippen LogP contribution in [-0.4, -0.2) is 15.0 Å². The fourth-order valence-corrected chi connectivity index (χ4v) is 8.72. The third-order valence-corrected chi connectivity index (χ3v) is 11.5. The molecule has 0 atom stereocenters. The van der Waals surface area contributed by atoms with Crippen molar-refractivity contribution in [2.24, 2.45) is 0 Å². The van der Waals surface area contributed by atoms with Gasteiger partial charge >= 0.3 is 0 Å². The van der Waals surface area contributed by atoms with E-state index >= 15 is 0 Å². The maximum Gasteiger partial charge on any atom is 0.164 e. The smallest absolute Gasteiger partial charge is 0.164 e. The molecule has 10 aromatic rings. The molecule has 1 aromatic heterocycles. The second-order valence-corrected chi connectivity index (χ2v) is 15.1. The number of nitriles is 1. The zero-order chi connectivity index (χ0) is 40.0. The summed E-state index contributed by atoms with van der Waals surface area (Å²) < 4.78 is 0. The van der Waals surface area contributed by atoms with Gasteiger partial charge in [0.25, 0.3) is 0 Å². The average molecular weight is 763 g/mol. The van der Waals surface area contributed by atoms with Crippen LogP contribution in [0.4, 0.5) is 0 Å². The Bertz CT molecular complexity index is 3260. The highest BCUT2D eigenvalue weighted by atomic mass is 15.0. The zero-order valence-electron chi connectivity index (χ0n) is 32.4. The normalized spacial score (nSPS) is 11.3. The first-order valence-electron chi connectivity index (χ1n) is 20.1. The highest BCUT2D eigenvalue weighted by Crippen LogP contribution is 2.52. The topological polar surface area (TPSA) is 62.5 Å². The van der Waals surface area contributed by atoms with E-state index in [-0.39, 0.29) is 0 Å². The van der Waals surface area contributed by atoms with Crippen molar-refractivity contribution in [3.8, 4) is 107 Å². The first-order chi connectivity index (χ1) is 29.7. The van der Waals surface area contributed by atoms with Crippen LogP contribution in [-0.2, 0) is 0 Å². The van der Waals surface area contributed by atoms with Crippen LogP contribution in [0.5, 0.6) is 0 Å². The number of fused-ring (bicyclic) bond motifs is 3. The molecular weight excluding hydrogens is 729 g/mol. The van der Waals surface area contributed by atoms with Crippen LogP contribution >= 0.6 is 0 Å². The second kappa shape index (κ2) is 14.6. The molecule has 1 aliphatic carbocycles. The van der Waals surface area contributed by atoms with Crippen molar-refractivity contribution in [3.63, 3.8) is 0 Å². The molecule has 0 radical (unpaired) electrons. The number of nitrogens with zero attached hydrogens (tertiary/aromatic N) is 4. The maximum atomic E-state index is 10.4. The molecule has 4 nitrogen and oxygen atoms in total. The van der Waals surface area contributed by atoms with Gasteiger partial charge in [0.05, 0.1) is 11.6 Å². The van der Waals surface area contributed by atoms with E-state index in [2.05, 4.69) is 127 Å². The molecule has 11 rings (SSSR count). The molecule has 0 bridgehead atoms. The molecule has 1 aliphatic rings. The highest BCUT2D eigenvalue weighted by molar-refractivity contribution is 6.18. The fourth-order valence-electron chi connectivity index (χ4n) is 8.72. The summed E-state index contributed by atoms with van der Waals surface area (Å²) in [7, 11) is 0. The lowest BCUT2D eigenvalue weighted by molar-refractivity contribution is 1.07. The molecule has 1 heterocycles. The van der Waals surface area contributed by atoms with Crippen molar-refractivity contribution in [2.45, 2.75) is 0 Å². The number of benzene rings is 9. The Kier molecular flexibility index (Phi) is 8.50. The second-order valence-electron chi connectivity index (χ2n) is 15.1. The lowest BCUT2D eigenvalue weighted by atomic mass is 9.87. The molecule has 0 saturated heterocycles. The van der Waals surface area contributed by atoms with Gasteiger partial charge < -0.3 is 0 Å². The van der Waals surface area contributed by atoms with E-state index in [0.717, 1.165) is 50.1 Å². The van der Waals surface area contributed by atoms with Gasteiger partial charge in [0, 0.05) is 22.3 Å². The van der Waals surface area contributed by atoms with Crippen LogP contribution in [0.15, 0.2) is 206 Å². The SMILES string of the molecule is N#Cc1ccc(-c2cccc(-c3nc(-c4ccccc4)nc(-c4ccccc4)n3)c2)cc1-c1cccc(-c2ccccc2-c2cccc3c2-c2cccc4cccc-3c24)c1. The summed E-state index contributed by atoms with van der Waals surface area (Å²) in [6.07, 6.45) is 0. The molecule has 9 aromatic carbocycles. The average Bonchev–Trinajstić information content (AvgIpc) is 3.67. The molecule has 0 spiro atoms. The van der Waals surface area contributed by atoms with Gasteiger partial charge in [-0.05, 0) is 96.2 Å². The van der Waals surface area contributed by atoms with Crippen LogP contribution in [0.3, 0.4) is 0 Å². The van der Waals surface area contributed by atoms with Gasteiger partial charge in [-0.1, -0.05) is 182 Å². The zero-order valence-corrected chi connectivity index (χ0v) is 32.4. The minimum Gasteiger partial charge on any atom is -0.208 e. The monoisotopic (exact) mass is 762 g/mol. The quantitative estimate of drug-likeness (QED) is 0.162. The molecule has 0 N–H and O–H groups in total. The Morgan fingerprint density at radius 2 is 0.750 bits per heavy atom. The van der Waals surface area contributed by atoms with Gasteiger partial charge in [0.1, 0.15) is 0 Å². The standard InChI is InChI=1S/C56H34N4/c57-35-44-31-30-40(39-20-9-23-43(32-39)56-59-54(37-14-3-1-4-15-37)58-55(60-56)38-16-5-2-6-17-38)34-51(44)42-22-10-21-41(33-42)45-24-7-8-25-46(45)47-27-13-28-49-48-26-11-18-36-19-12-29-50(52(36)48)53(47)49/h1-34H. The first-order valence-corrected chi connectivity index (χ1v) is 20.1. The Balaban J connectivity index is 0.986. The number of aromatic nitrogens is 3. The van der Waals surface area contributed by atoms with Crippen LogP contribution in [0.25, 0.3) is 112 Å². The van der Waals surface area contributed by atoms with Gasteiger partial charge in [-0.2, -0.15) is 5.26 Å². The van der Waals surface area contributed by atoms with E-state index in [0.29, 0.717) is 23.0 Å². The summed E-state index contributed by atoms with van der Waals surface area (Å²) in [6, 6.07) is 74.0. The Morgan fingerprint density at radius 1 is 0.300 bits per heavy atom. The first kappa shape index (κ1) is 34.9. The minimum absolute atomic E-state index is 0.592. The van der Waals surface area contributed by atoms with Gasteiger partial charge in [-0.15, -0.1) is 0 Å². The number of rotatable bonds is 7. The maximum absolute atomic E-state index is 10.4. The molecule has 0 saturated carbocycles. The van der Waals surface area contributed by atoms with Crippen molar-refractivity contribution >= 4 is 10.8 Å². The van der Waals surface area contributed by atoms with E-state index < -0.39 is 0 Å². The summed E-state index contributed by atoms with van der Waals surface area (Å²) in [5.74, 6) is 1.83. The van der Waals surface area contributed by atoms with Crippen molar-refractivity contribution in [3.05, 3.63) is 212 Å². The summed E-state index contributed by atoms with van der Waals surface area (Å²) >= 11 is 0. The van der Waals surface area contributed by atoms with E-state index in [1.54, 1.807) is 0 Å². The van der Waals surface area contributed by atoms with E-state index in [1.807, 2.05) is 84.9 Å². The fraction of sp³-hybridized carbons (Fsp3) is 0.